The van der Waals surface area contributed by atoms with Crippen LogP contribution in [0.1, 0.15) is 49.7 Å². The van der Waals surface area contributed by atoms with Gasteiger partial charge in [-0.1, -0.05) is 55.3 Å². The fourth-order valence-electron chi connectivity index (χ4n) is 4.63. The first-order chi connectivity index (χ1) is 15.5. The van der Waals surface area contributed by atoms with Crippen molar-refractivity contribution in [3.63, 3.8) is 0 Å². The molecule has 0 spiro atoms. The lowest BCUT2D eigenvalue weighted by atomic mass is 10.0. The van der Waals surface area contributed by atoms with Gasteiger partial charge in [-0.25, -0.2) is 8.42 Å². The molecule has 0 bridgehead atoms. The van der Waals surface area contributed by atoms with Crippen LogP contribution >= 0.6 is 0 Å². The predicted molar refractivity (Wildman–Crippen MR) is 125 cm³/mol. The third-order valence-corrected chi connectivity index (χ3v) is 8.37. The highest BCUT2D eigenvalue weighted by atomic mass is 32.2. The number of nitrogens with zero attached hydrogens (tertiary/aromatic N) is 2. The molecular formula is C25H33N3O3S. The molecule has 2 aliphatic rings. The first-order valence-electron chi connectivity index (χ1n) is 11.7. The van der Waals surface area contributed by atoms with E-state index in [2.05, 4.69) is 34.5 Å². The van der Waals surface area contributed by atoms with Gasteiger partial charge in [-0.05, 0) is 62.0 Å². The lowest BCUT2D eigenvalue weighted by Gasteiger charge is -2.33. The van der Waals surface area contributed by atoms with Gasteiger partial charge < -0.3 is 5.32 Å². The molecular weight excluding hydrogens is 422 g/mol. The molecule has 2 aromatic carbocycles. The van der Waals surface area contributed by atoms with Crippen molar-refractivity contribution in [1.29, 1.82) is 0 Å². The maximum atomic E-state index is 13.1. The minimum atomic E-state index is -3.69. The number of amides is 1. The number of nitrogens with one attached hydrogen (secondary N) is 1. The van der Waals surface area contributed by atoms with Crippen LogP contribution in [-0.2, 0) is 27.9 Å². The number of likely N-dealkylation sites (tertiary alicyclic amines) is 1. The number of carbonyl (C=O) groups is 1. The second-order valence-electron chi connectivity index (χ2n) is 8.81. The van der Waals surface area contributed by atoms with Crippen molar-refractivity contribution < 1.29 is 13.2 Å². The van der Waals surface area contributed by atoms with E-state index in [1.54, 1.807) is 30.3 Å². The largest absolute Gasteiger partial charge is 0.351 e. The zero-order valence-corrected chi connectivity index (χ0v) is 19.4. The zero-order valence-electron chi connectivity index (χ0n) is 18.6. The molecule has 1 atom stereocenters. The van der Waals surface area contributed by atoms with E-state index >= 15 is 0 Å². The number of benzene rings is 2. The Morgan fingerprint density at radius 1 is 0.844 bits per heavy atom. The highest BCUT2D eigenvalue weighted by Crippen LogP contribution is 2.25. The van der Waals surface area contributed by atoms with Gasteiger partial charge in [0.2, 0.25) is 15.9 Å². The third-order valence-electron chi connectivity index (χ3n) is 6.45. The van der Waals surface area contributed by atoms with Crippen LogP contribution < -0.4 is 5.32 Å². The van der Waals surface area contributed by atoms with Crippen LogP contribution in [0.5, 0.6) is 0 Å². The summed E-state index contributed by atoms with van der Waals surface area (Å²) in [6, 6.07) is 16.1. The summed E-state index contributed by atoms with van der Waals surface area (Å²) in [7, 11) is -3.69. The molecule has 2 aromatic rings. The SMILES string of the molecule is O=C(NCc1ccc(CN2CCCCC2)cc1)C1CCCCN1S(=O)(=O)c1ccccc1. The smallest absolute Gasteiger partial charge is 0.243 e. The van der Waals surface area contributed by atoms with E-state index in [0.717, 1.165) is 24.9 Å². The lowest BCUT2D eigenvalue weighted by Crippen LogP contribution is -2.51. The van der Waals surface area contributed by atoms with Crippen molar-refractivity contribution in [2.24, 2.45) is 0 Å². The summed E-state index contributed by atoms with van der Waals surface area (Å²) in [4.78, 5) is 15.7. The molecule has 0 saturated carbocycles. The van der Waals surface area contributed by atoms with Crippen molar-refractivity contribution in [3.8, 4) is 0 Å². The first kappa shape index (κ1) is 23.0. The Morgan fingerprint density at radius 3 is 2.22 bits per heavy atom. The Bertz CT molecular complexity index is 987. The van der Waals surface area contributed by atoms with Gasteiger partial charge >= 0.3 is 0 Å². The Kier molecular flexibility index (Phi) is 7.60. The van der Waals surface area contributed by atoms with Gasteiger partial charge in [0.1, 0.15) is 6.04 Å². The first-order valence-corrected chi connectivity index (χ1v) is 13.1. The predicted octanol–water partition coefficient (Wildman–Crippen LogP) is 3.53. The second-order valence-corrected chi connectivity index (χ2v) is 10.7. The molecule has 0 aromatic heterocycles. The van der Waals surface area contributed by atoms with E-state index in [1.165, 1.54) is 42.2 Å². The minimum Gasteiger partial charge on any atom is -0.351 e. The molecule has 2 fully saturated rings. The number of piperidine rings is 2. The summed E-state index contributed by atoms with van der Waals surface area (Å²) in [6.07, 6.45) is 6.07. The van der Waals surface area contributed by atoms with Crippen molar-refractivity contribution >= 4 is 15.9 Å². The fourth-order valence-corrected chi connectivity index (χ4v) is 6.31. The van der Waals surface area contributed by atoms with Gasteiger partial charge in [-0.3, -0.25) is 9.69 Å². The molecule has 1 amide bonds. The summed E-state index contributed by atoms with van der Waals surface area (Å²) in [6.45, 7) is 4.09. The van der Waals surface area contributed by atoms with Crippen LogP contribution in [0.15, 0.2) is 59.5 Å². The quantitative estimate of drug-likeness (QED) is 0.693. The van der Waals surface area contributed by atoms with Gasteiger partial charge in [-0.15, -0.1) is 0 Å². The maximum Gasteiger partial charge on any atom is 0.243 e. The average molecular weight is 456 g/mol. The van der Waals surface area contributed by atoms with Crippen LogP contribution in [0.3, 0.4) is 0 Å². The fraction of sp³-hybridized carbons (Fsp3) is 0.480. The molecule has 1 N–H and O–H groups in total. The Hall–Kier alpha value is -2.22. The van der Waals surface area contributed by atoms with Crippen LogP contribution in [0, 0.1) is 0 Å². The molecule has 172 valence electrons. The third kappa shape index (κ3) is 5.57. The number of hydrogen-bond donors (Lipinski definition) is 1. The summed E-state index contributed by atoms with van der Waals surface area (Å²) in [5.74, 6) is -0.221. The monoisotopic (exact) mass is 455 g/mol. The van der Waals surface area contributed by atoms with Gasteiger partial charge in [0.05, 0.1) is 4.90 Å². The number of sulfonamides is 1. The van der Waals surface area contributed by atoms with E-state index in [-0.39, 0.29) is 10.8 Å². The Morgan fingerprint density at radius 2 is 1.50 bits per heavy atom. The molecule has 2 saturated heterocycles. The number of rotatable bonds is 7. The molecule has 1 unspecified atom stereocenters. The maximum absolute atomic E-state index is 13.1. The highest BCUT2D eigenvalue weighted by molar-refractivity contribution is 7.89. The van der Waals surface area contributed by atoms with Gasteiger partial charge in [0, 0.05) is 19.6 Å². The van der Waals surface area contributed by atoms with E-state index in [4.69, 9.17) is 0 Å². The topological polar surface area (TPSA) is 69.7 Å². The average Bonchev–Trinajstić information content (AvgIpc) is 2.84. The number of hydrogen-bond acceptors (Lipinski definition) is 4. The van der Waals surface area contributed by atoms with Crippen LogP contribution in [-0.4, -0.2) is 49.2 Å². The van der Waals surface area contributed by atoms with Crippen molar-refractivity contribution in [1.82, 2.24) is 14.5 Å². The van der Waals surface area contributed by atoms with Crippen LogP contribution in [0.4, 0.5) is 0 Å². The summed E-state index contributed by atoms with van der Waals surface area (Å²) < 4.78 is 27.6. The lowest BCUT2D eigenvalue weighted by molar-refractivity contribution is -0.125. The molecule has 4 rings (SSSR count). The summed E-state index contributed by atoms with van der Waals surface area (Å²) >= 11 is 0. The van der Waals surface area contributed by atoms with Crippen LogP contribution in [0.2, 0.25) is 0 Å². The summed E-state index contributed by atoms with van der Waals surface area (Å²) in [5.41, 5.74) is 2.31. The van der Waals surface area contributed by atoms with Crippen molar-refractivity contribution in [3.05, 3.63) is 65.7 Å². The van der Waals surface area contributed by atoms with Crippen molar-refractivity contribution in [2.45, 2.75) is 62.6 Å². The minimum absolute atomic E-state index is 0.221. The van der Waals surface area contributed by atoms with Gasteiger partial charge in [0.15, 0.2) is 0 Å². The van der Waals surface area contributed by atoms with E-state index < -0.39 is 16.1 Å². The molecule has 2 heterocycles. The summed E-state index contributed by atoms with van der Waals surface area (Å²) in [5, 5.41) is 2.97. The van der Waals surface area contributed by atoms with Gasteiger partial charge in [0.25, 0.3) is 0 Å². The molecule has 0 aliphatic carbocycles. The van der Waals surface area contributed by atoms with E-state index in [9.17, 15) is 13.2 Å². The molecule has 2 aliphatic heterocycles. The zero-order chi connectivity index (χ0) is 22.4. The standard InChI is InChI=1S/C25H33N3O3S/c29-25(24-11-5-8-18-28(24)32(30,31)23-9-3-1-4-10-23)26-19-21-12-14-22(15-13-21)20-27-16-6-2-7-17-27/h1,3-4,9-10,12-15,24H,2,5-8,11,16-20H2,(H,26,29). The molecule has 32 heavy (non-hydrogen) atoms. The molecule has 7 heteroatoms. The van der Waals surface area contributed by atoms with Crippen LogP contribution in [0.25, 0.3) is 0 Å². The molecule has 0 radical (unpaired) electrons. The van der Waals surface area contributed by atoms with E-state index in [0.29, 0.717) is 19.5 Å². The Labute approximate surface area is 191 Å². The Balaban J connectivity index is 1.36. The second kappa shape index (κ2) is 10.6. The van der Waals surface area contributed by atoms with E-state index in [1.807, 2.05) is 0 Å². The van der Waals surface area contributed by atoms with Crippen molar-refractivity contribution in [2.75, 3.05) is 19.6 Å². The van der Waals surface area contributed by atoms with Gasteiger partial charge in [-0.2, -0.15) is 4.31 Å². The normalized spacial score (nSPS) is 20.7. The number of carbonyl (C=O) groups excluding carboxylic acids is 1. The highest BCUT2D eigenvalue weighted by Gasteiger charge is 2.37. The molecule has 6 nitrogen and oxygen atoms in total.